The Bertz CT molecular complexity index is 1710. The predicted molar refractivity (Wildman–Crippen MR) is 354 cm³/mol. The summed E-state index contributed by atoms with van der Waals surface area (Å²) in [6.07, 6.45) is 49.1. The zero-order valence-corrected chi connectivity index (χ0v) is 58.6. The van der Waals surface area contributed by atoms with Gasteiger partial charge in [-0.1, -0.05) is 304 Å². The first-order valence-electron chi connectivity index (χ1n) is 36.2. The molecule has 0 heterocycles. The van der Waals surface area contributed by atoms with Crippen LogP contribution >= 0.6 is 15.6 Å². The molecule has 0 aliphatic carbocycles. The molecule has 0 bridgehead atoms. The normalized spacial score (nSPS) is 14.4. The molecule has 17 nitrogen and oxygen atoms in total. The van der Waals surface area contributed by atoms with E-state index in [-0.39, 0.29) is 25.7 Å². The Morgan fingerprint density at radius 3 is 0.807 bits per heavy atom. The lowest BCUT2D eigenvalue weighted by Gasteiger charge is -2.21. The summed E-state index contributed by atoms with van der Waals surface area (Å²) in [5.74, 6) is -1.42. The molecule has 0 aromatic rings. The molecule has 0 aliphatic rings. The maximum absolute atomic E-state index is 13.0. The SMILES string of the molecule is CCCCCCCCCCCCCCCCCCCCC(=O)O[C@H](COC(=O)CCCCCCCCCCCCCCCCC)COP(=O)(O)OC[C@@H](O)COP(=O)(O)OC[C@@H](COC(=O)CCCCCCC)OC(=O)CCCCCCCCC(C)CC. The van der Waals surface area contributed by atoms with E-state index in [9.17, 15) is 43.2 Å². The van der Waals surface area contributed by atoms with E-state index in [0.29, 0.717) is 25.7 Å². The van der Waals surface area contributed by atoms with Gasteiger partial charge in [0.1, 0.15) is 19.3 Å². The molecule has 0 fully saturated rings. The number of hydrogen-bond donors (Lipinski definition) is 3. The minimum atomic E-state index is -4.95. The minimum Gasteiger partial charge on any atom is -0.462 e. The molecular weight excluding hydrogens is 1160 g/mol. The van der Waals surface area contributed by atoms with Gasteiger partial charge in [0.15, 0.2) is 12.2 Å². The van der Waals surface area contributed by atoms with Gasteiger partial charge in [-0.05, 0) is 31.6 Å². The number of rotatable bonds is 69. The van der Waals surface area contributed by atoms with Gasteiger partial charge >= 0.3 is 39.5 Å². The molecule has 0 saturated carbocycles. The summed E-state index contributed by atoms with van der Waals surface area (Å²) in [5.41, 5.74) is 0. The molecule has 0 radical (unpaired) electrons. The second kappa shape index (κ2) is 62.5. The van der Waals surface area contributed by atoms with Gasteiger partial charge in [0.05, 0.1) is 26.4 Å². The fraction of sp³-hybridized carbons (Fsp3) is 0.942. The van der Waals surface area contributed by atoms with Gasteiger partial charge in [0.25, 0.3) is 0 Å². The van der Waals surface area contributed by atoms with Crippen LogP contribution in [0.1, 0.15) is 356 Å². The second-order valence-electron chi connectivity index (χ2n) is 25.2. The molecule has 19 heteroatoms. The Labute approximate surface area is 537 Å². The summed E-state index contributed by atoms with van der Waals surface area (Å²) in [6.45, 7) is 7.10. The number of esters is 4. The van der Waals surface area contributed by atoms with E-state index >= 15 is 0 Å². The standard InChI is InChI=1S/C69H134O17P2/c1-6-10-13-16-18-20-22-24-26-27-28-30-32-34-36-38-44-49-54-68(73)85-65(59-80-67(72)53-48-43-37-35-33-31-29-25-23-21-19-17-14-11-7-2)61-84-88(77,78)82-57-63(70)56-81-87(75,76)83-60-64(58-79-66(71)52-47-41-15-12-8-3)86-69(74)55-50-45-40-39-42-46-51-62(5)9-4/h62-65,70H,6-61H2,1-5H3,(H,75,76)(H,77,78)/t62?,63-,64+,65+/m0/s1. The summed E-state index contributed by atoms with van der Waals surface area (Å²) >= 11 is 0. The summed E-state index contributed by atoms with van der Waals surface area (Å²) in [7, 11) is -9.89. The van der Waals surface area contributed by atoms with Crippen LogP contribution in [0, 0.1) is 5.92 Å². The van der Waals surface area contributed by atoms with E-state index in [1.165, 1.54) is 173 Å². The lowest BCUT2D eigenvalue weighted by Crippen LogP contribution is -2.30. The third-order valence-corrected chi connectivity index (χ3v) is 18.3. The van der Waals surface area contributed by atoms with Gasteiger partial charge in [-0.2, -0.15) is 0 Å². The predicted octanol–water partition coefficient (Wildman–Crippen LogP) is 19.7. The van der Waals surface area contributed by atoms with E-state index in [4.69, 9.17) is 37.0 Å². The molecule has 0 rings (SSSR count). The molecule has 0 aromatic carbocycles. The first kappa shape index (κ1) is 86.1. The molecule has 88 heavy (non-hydrogen) atoms. The van der Waals surface area contributed by atoms with Gasteiger partial charge < -0.3 is 33.8 Å². The van der Waals surface area contributed by atoms with Gasteiger partial charge in [-0.15, -0.1) is 0 Å². The molecule has 0 amide bonds. The van der Waals surface area contributed by atoms with E-state index in [0.717, 1.165) is 102 Å². The third-order valence-electron chi connectivity index (χ3n) is 16.4. The highest BCUT2D eigenvalue weighted by atomic mass is 31.2. The minimum absolute atomic E-state index is 0.102. The van der Waals surface area contributed by atoms with Crippen molar-refractivity contribution in [1.29, 1.82) is 0 Å². The Hall–Kier alpha value is -1.94. The van der Waals surface area contributed by atoms with Crippen molar-refractivity contribution in [2.45, 2.75) is 374 Å². The van der Waals surface area contributed by atoms with Crippen LogP contribution in [0.25, 0.3) is 0 Å². The third kappa shape index (κ3) is 61.6. The number of unbranched alkanes of at least 4 members (excludes halogenated alkanes) is 40. The van der Waals surface area contributed by atoms with Crippen molar-refractivity contribution >= 4 is 39.5 Å². The van der Waals surface area contributed by atoms with Gasteiger partial charge in [-0.25, -0.2) is 9.13 Å². The first-order chi connectivity index (χ1) is 42.6. The second-order valence-corrected chi connectivity index (χ2v) is 28.1. The van der Waals surface area contributed by atoms with Crippen LogP contribution < -0.4 is 0 Å². The monoisotopic (exact) mass is 1300 g/mol. The topological polar surface area (TPSA) is 237 Å². The summed E-state index contributed by atoms with van der Waals surface area (Å²) in [6, 6.07) is 0. The highest BCUT2D eigenvalue weighted by Gasteiger charge is 2.30. The van der Waals surface area contributed by atoms with Crippen LogP contribution in [0.5, 0.6) is 0 Å². The zero-order valence-electron chi connectivity index (χ0n) is 56.9. The lowest BCUT2D eigenvalue weighted by molar-refractivity contribution is -0.161. The maximum atomic E-state index is 13.0. The lowest BCUT2D eigenvalue weighted by atomic mass is 10.00. The van der Waals surface area contributed by atoms with Crippen LogP contribution in [0.15, 0.2) is 0 Å². The Kier molecular flexibility index (Phi) is 61.1. The maximum Gasteiger partial charge on any atom is 0.472 e. The fourth-order valence-electron chi connectivity index (χ4n) is 10.4. The molecule has 0 aromatic heterocycles. The van der Waals surface area contributed by atoms with Crippen molar-refractivity contribution < 1.29 is 80.2 Å². The van der Waals surface area contributed by atoms with Gasteiger partial charge in [-0.3, -0.25) is 37.3 Å². The Morgan fingerprint density at radius 2 is 0.545 bits per heavy atom. The van der Waals surface area contributed by atoms with Crippen molar-refractivity contribution in [3.8, 4) is 0 Å². The summed E-state index contributed by atoms with van der Waals surface area (Å²) in [4.78, 5) is 72.2. The Balaban J connectivity index is 5.15. The summed E-state index contributed by atoms with van der Waals surface area (Å²) in [5, 5.41) is 10.5. The molecule has 0 aliphatic heterocycles. The van der Waals surface area contributed by atoms with Gasteiger partial charge in [0.2, 0.25) is 0 Å². The van der Waals surface area contributed by atoms with E-state index in [2.05, 4.69) is 34.6 Å². The number of aliphatic hydroxyl groups excluding tert-OH is 1. The number of phosphoric ester groups is 2. The van der Waals surface area contributed by atoms with Crippen LogP contribution in [-0.2, 0) is 65.4 Å². The molecule has 3 N–H and O–H groups in total. The van der Waals surface area contributed by atoms with Gasteiger partial charge in [0, 0.05) is 25.7 Å². The average Bonchev–Trinajstić information content (AvgIpc) is 3.49. The van der Waals surface area contributed by atoms with Crippen LogP contribution in [0.2, 0.25) is 0 Å². The first-order valence-corrected chi connectivity index (χ1v) is 39.2. The highest BCUT2D eigenvalue weighted by molar-refractivity contribution is 7.47. The molecular formula is C69H134O17P2. The van der Waals surface area contributed by atoms with Crippen molar-refractivity contribution in [2.75, 3.05) is 39.6 Å². The number of aliphatic hydroxyl groups is 1. The number of carbonyl (C=O) groups is 4. The largest absolute Gasteiger partial charge is 0.472 e. The van der Waals surface area contributed by atoms with Crippen LogP contribution in [0.4, 0.5) is 0 Å². The molecule has 3 unspecified atom stereocenters. The number of phosphoric acid groups is 2. The van der Waals surface area contributed by atoms with E-state index in [1.807, 2.05) is 0 Å². The zero-order chi connectivity index (χ0) is 64.9. The van der Waals surface area contributed by atoms with Crippen molar-refractivity contribution in [1.82, 2.24) is 0 Å². The van der Waals surface area contributed by atoms with E-state index < -0.39 is 97.5 Å². The summed E-state index contributed by atoms with van der Waals surface area (Å²) < 4.78 is 68.0. The Morgan fingerprint density at radius 1 is 0.318 bits per heavy atom. The quantitative estimate of drug-likeness (QED) is 0.0222. The number of hydrogen-bond acceptors (Lipinski definition) is 15. The highest BCUT2D eigenvalue weighted by Crippen LogP contribution is 2.45. The smallest absolute Gasteiger partial charge is 0.462 e. The average molecular weight is 1300 g/mol. The van der Waals surface area contributed by atoms with E-state index in [1.54, 1.807) is 0 Å². The fourth-order valence-corrected chi connectivity index (χ4v) is 12.0. The molecule has 0 saturated heterocycles. The van der Waals surface area contributed by atoms with Crippen molar-refractivity contribution in [2.24, 2.45) is 5.92 Å². The molecule has 0 spiro atoms. The van der Waals surface area contributed by atoms with Crippen molar-refractivity contribution in [3.63, 3.8) is 0 Å². The molecule has 522 valence electrons. The van der Waals surface area contributed by atoms with Crippen molar-refractivity contribution in [3.05, 3.63) is 0 Å². The van der Waals surface area contributed by atoms with Crippen LogP contribution in [0.3, 0.4) is 0 Å². The number of ether oxygens (including phenoxy) is 4. The number of carbonyl (C=O) groups excluding carboxylic acids is 4. The molecule has 6 atom stereocenters. The van der Waals surface area contributed by atoms with Crippen LogP contribution in [-0.4, -0.2) is 96.7 Å².